The third-order valence-electron chi connectivity index (χ3n) is 3.84. The first-order valence-electron chi connectivity index (χ1n) is 6.87. The highest BCUT2D eigenvalue weighted by Crippen LogP contribution is 2.31. The topological polar surface area (TPSA) is 38.0 Å². The molecule has 0 aliphatic carbocycles. The molecule has 1 unspecified atom stereocenters. The van der Waals surface area contributed by atoms with Gasteiger partial charge in [0.15, 0.2) is 0 Å². The maximum Gasteiger partial charge on any atom is 0.112 e. The number of rotatable bonds is 3. The second-order valence-corrected chi connectivity index (χ2v) is 5.91. The zero-order chi connectivity index (χ0) is 15.0. The Morgan fingerprint density at radius 2 is 1.81 bits per heavy atom. The summed E-state index contributed by atoms with van der Waals surface area (Å²) in [7, 11) is 1.97. The standard InChI is InChI=1S/C17H17ClN2O/c1-17(21,12-7-3-4-8-13(12)18)11-16-19-14-9-5-6-10-15(14)20(16)2/h3-10,21H,11H2,1-2H3. The van der Waals surface area contributed by atoms with Crippen molar-refractivity contribution in [2.75, 3.05) is 0 Å². The van der Waals surface area contributed by atoms with Crippen molar-refractivity contribution in [1.29, 1.82) is 0 Å². The lowest BCUT2D eigenvalue weighted by molar-refractivity contribution is 0.0550. The number of para-hydroxylation sites is 2. The summed E-state index contributed by atoms with van der Waals surface area (Å²) in [6, 6.07) is 15.3. The van der Waals surface area contributed by atoms with Gasteiger partial charge in [-0.3, -0.25) is 0 Å². The summed E-state index contributed by atoms with van der Waals surface area (Å²) in [5, 5.41) is 11.4. The Hall–Kier alpha value is -1.84. The van der Waals surface area contributed by atoms with Gasteiger partial charge in [0.05, 0.1) is 16.6 Å². The molecule has 1 atom stereocenters. The first-order valence-corrected chi connectivity index (χ1v) is 7.24. The van der Waals surface area contributed by atoms with Gasteiger partial charge < -0.3 is 9.67 Å². The molecule has 3 nitrogen and oxygen atoms in total. The van der Waals surface area contributed by atoms with Gasteiger partial charge in [-0.1, -0.05) is 41.9 Å². The Morgan fingerprint density at radius 1 is 1.14 bits per heavy atom. The molecule has 0 aliphatic rings. The monoisotopic (exact) mass is 300 g/mol. The second kappa shape index (κ2) is 5.17. The van der Waals surface area contributed by atoms with Crippen LogP contribution in [0.2, 0.25) is 5.02 Å². The first kappa shape index (κ1) is 14.1. The van der Waals surface area contributed by atoms with E-state index in [9.17, 15) is 5.11 Å². The van der Waals surface area contributed by atoms with Gasteiger partial charge in [-0.25, -0.2) is 4.98 Å². The van der Waals surface area contributed by atoms with Crippen molar-refractivity contribution in [3.05, 3.63) is 64.9 Å². The Labute approximate surface area is 128 Å². The molecule has 0 amide bonds. The minimum Gasteiger partial charge on any atom is -0.385 e. The molecule has 0 radical (unpaired) electrons. The maximum absolute atomic E-state index is 10.8. The van der Waals surface area contributed by atoms with E-state index in [-0.39, 0.29) is 0 Å². The minimum atomic E-state index is -1.06. The zero-order valence-electron chi connectivity index (χ0n) is 12.0. The number of aromatic nitrogens is 2. The normalized spacial score (nSPS) is 14.3. The van der Waals surface area contributed by atoms with E-state index >= 15 is 0 Å². The molecule has 2 aromatic carbocycles. The molecule has 3 aromatic rings. The van der Waals surface area contributed by atoms with Crippen molar-refractivity contribution >= 4 is 22.6 Å². The zero-order valence-corrected chi connectivity index (χ0v) is 12.8. The van der Waals surface area contributed by atoms with E-state index in [2.05, 4.69) is 4.98 Å². The third-order valence-corrected chi connectivity index (χ3v) is 4.17. The van der Waals surface area contributed by atoms with E-state index in [0.29, 0.717) is 11.4 Å². The van der Waals surface area contributed by atoms with Gasteiger partial charge in [-0.15, -0.1) is 0 Å². The van der Waals surface area contributed by atoms with E-state index < -0.39 is 5.60 Å². The van der Waals surface area contributed by atoms with Crippen LogP contribution in [0.15, 0.2) is 48.5 Å². The van der Waals surface area contributed by atoms with Gasteiger partial charge in [0.1, 0.15) is 5.82 Å². The number of benzene rings is 2. The highest BCUT2D eigenvalue weighted by molar-refractivity contribution is 6.31. The van der Waals surface area contributed by atoms with Crippen LogP contribution >= 0.6 is 11.6 Å². The summed E-state index contributed by atoms with van der Waals surface area (Å²) >= 11 is 6.21. The van der Waals surface area contributed by atoms with Crippen LogP contribution < -0.4 is 0 Å². The molecule has 0 saturated heterocycles. The number of hydrogen-bond donors (Lipinski definition) is 1. The third kappa shape index (κ3) is 2.55. The lowest BCUT2D eigenvalue weighted by Gasteiger charge is -2.24. The number of aryl methyl sites for hydroxylation is 1. The summed E-state index contributed by atoms with van der Waals surface area (Å²) in [5.74, 6) is 0.834. The lowest BCUT2D eigenvalue weighted by atomic mass is 9.92. The van der Waals surface area contributed by atoms with Gasteiger partial charge in [-0.2, -0.15) is 0 Å². The van der Waals surface area contributed by atoms with E-state index in [1.54, 1.807) is 13.0 Å². The maximum atomic E-state index is 10.8. The van der Waals surface area contributed by atoms with Crippen LogP contribution in [-0.2, 0) is 19.1 Å². The number of hydrogen-bond acceptors (Lipinski definition) is 2. The molecule has 108 valence electrons. The fourth-order valence-electron chi connectivity index (χ4n) is 2.65. The summed E-state index contributed by atoms with van der Waals surface area (Å²) in [5.41, 5.74) is 1.65. The first-order chi connectivity index (χ1) is 9.99. The highest BCUT2D eigenvalue weighted by atomic mass is 35.5. The van der Waals surface area contributed by atoms with Crippen LogP contribution in [0, 0.1) is 0 Å². The fraction of sp³-hybridized carbons (Fsp3) is 0.235. The molecule has 3 rings (SSSR count). The SMILES string of the molecule is Cn1c(CC(C)(O)c2ccccc2Cl)nc2ccccc21. The summed E-state index contributed by atoms with van der Waals surface area (Å²) in [6.45, 7) is 1.77. The smallest absolute Gasteiger partial charge is 0.112 e. The van der Waals surface area contributed by atoms with E-state index in [1.807, 2.05) is 54.1 Å². The average molecular weight is 301 g/mol. The van der Waals surface area contributed by atoms with Gasteiger partial charge in [0, 0.05) is 24.1 Å². The van der Waals surface area contributed by atoms with Crippen LogP contribution in [0.1, 0.15) is 18.3 Å². The molecule has 0 spiro atoms. The van der Waals surface area contributed by atoms with Crippen LogP contribution in [-0.4, -0.2) is 14.7 Å². The lowest BCUT2D eigenvalue weighted by Crippen LogP contribution is -2.26. The summed E-state index contributed by atoms with van der Waals surface area (Å²) in [4.78, 5) is 4.61. The van der Waals surface area contributed by atoms with Crippen molar-refractivity contribution in [2.45, 2.75) is 18.9 Å². The van der Waals surface area contributed by atoms with E-state index in [0.717, 1.165) is 22.4 Å². The molecule has 0 aliphatic heterocycles. The number of halogens is 1. The molecule has 0 fully saturated rings. The highest BCUT2D eigenvalue weighted by Gasteiger charge is 2.28. The molecule has 1 aromatic heterocycles. The number of imidazole rings is 1. The van der Waals surface area contributed by atoms with Crippen LogP contribution in [0.5, 0.6) is 0 Å². The Balaban J connectivity index is 2.01. The molecule has 0 saturated carbocycles. The Bertz CT molecular complexity index is 792. The van der Waals surface area contributed by atoms with E-state index in [4.69, 9.17) is 11.6 Å². The quantitative estimate of drug-likeness (QED) is 0.801. The number of nitrogens with zero attached hydrogens (tertiary/aromatic N) is 2. The largest absolute Gasteiger partial charge is 0.385 e. The molecule has 4 heteroatoms. The fourth-order valence-corrected chi connectivity index (χ4v) is 2.99. The van der Waals surface area contributed by atoms with Gasteiger partial charge in [0.25, 0.3) is 0 Å². The predicted molar refractivity (Wildman–Crippen MR) is 85.4 cm³/mol. The summed E-state index contributed by atoms with van der Waals surface area (Å²) < 4.78 is 2.01. The van der Waals surface area contributed by atoms with E-state index in [1.165, 1.54) is 0 Å². The van der Waals surface area contributed by atoms with Crippen molar-refractivity contribution in [1.82, 2.24) is 9.55 Å². The van der Waals surface area contributed by atoms with Crippen molar-refractivity contribution < 1.29 is 5.11 Å². The summed E-state index contributed by atoms with van der Waals surface area (Å²) in [6.07, 6.45) is 0.405. The molecular weight excluding hydrogens is 284 g/mol. The second-order valence-electron chi connectivity index (χ2n) is 5.51. The predicted octanol–water partition coefficient (Wildman–Crippen LogP) is 3.68. The Morgan fingerprint density at radius 3 is 2.52 bits per heavy atom. The van der Waals surface area contributed by atoms with Crippen molar-refractivity contribution in [2.24, 2.45) is 7.05 Å². The molecule has 1 heterocycles. The Kier molecular flexibility index (Phi) is 3.47. The van der Waals surface area contributed by atoms with Gasteiger partial charge in [-0.05, 0) is 25.1 Å². The minimum absolute atomic E-state index is 0.405. The van der Waals surface area contributed by atoms with Crippen molar-refractivity contribution in [3.63, 3.8) is 0 Å². The molecule has 1 N–H and O–H groups in total. The van der Waals surface area contributed by atoms with Crippen molar-refractivity contribution in [3.8, 4) is 0 Å². The number of aliphatic hydroxyl groups is 1. The van der Waals surface area contributed by atoms with Gasteiger partial charge >= 0.3 is 0 Å². The molecular formula is C17H17ClN2O. The van der Waals surface area contributed by atoms with Crippen LogP contribution in [0.4, 0.5) is 0 Å². The average Bonchev–Trinajstić information content (AvgIpc) is 2.76. The van der Waals surface area contributed by atoms with Gasteiger partial charge in [0.2, 0.25) is 0 Å². The van der Waals surface area contributed by atoms with Crippen LogP contribution in [0.3, 0.4) is 0 Å². The molecule has 21 heavy (non-hydrogen) atoms. The van der Waals surface area contributed by atoms with Crippen LogP contribution in [0.25, 0.3) is 11.0 Å². The number of fused-ring (bicyclic) bond motifs is 1. The molecule has 0 bridgehead atoms.